The lowest BCUT2D eigenvalue weighted by molar-refractivity contribution is 1.32. The molecule has 0 amide bonds. The average Bonchev–Trinajstić information content (AvgIpc) is 2.19. The summed E-state index contributed by atoms with van der Waals surface area (Å²) in [6.07, 6.45) is 1.77. The Kier molecular flexibility index (Phi) is 2.51. The smallest absolute Gasteiger partial charge is 0.129 e. The van der Waals surface area contributed by atoms with Gasteiger partial charge >= 0.3 is 0 Å². The number of pyridine rings is 1. The largest absolute Gasteiger partial charge is 0.244 e. The van der Waals surface area contributed by atoms with Crippen LogP contribution in [-0.2, 0) is 0 Å². The average molecular weight is 203 g/mol. The van der Waals surface area contributed by atoms with E-state index in [9.17, 15) is 0 Å². The standard InChI is InChI=1S/C12H9ClN/c1-9-3-2-4-10(7-9)11-5-6-12(13)14-8-11/h3-8H,1H3. The van der Waals surface area contributed by atoms with Gasteiger partial charge in [0, 0.05) is 11.8 Å². The number of aryl methyl sites for hydroxylation is 1. The molecule has 1 aromatic heterocycles. The first-order valence-electron chi connectivity index (χ1n) is 4.35. The predicted octanol–water partition coefficient (Wildman–Crippen LogP) is 3.51. The van der Waals surface area contributed by atoms with Crippen LogP contribution < -0.4 is 0 Å². The summed E-state index contributed by atoms with van der Waals surface area (Å²) in [5, 5.41) is 0.519. The zero-order valence-electron chi connectivity index (χ0n) is 7.79. The van der Waals surface area contributed by atoms with Gasteiger partial charge in [-0.3, -0.25) is 0 Å². The first-order chi connectivity index (χ1) is 6.75. The second-order valence-corrected chi connectivity index (χ2v) is 3.56. The number of benzene rings is 1. The maximum Gasteiger partial charge on any atom is 0.129 e. The van der Waals surface area contributed by atoms with Crippen molar-refractivity contribution in [1.82, 2.24) is 4.98 Å². The van der Waals surface area contributed by atoms with Crippen molar-refractivity contribution in [2.45, 2.75) is 6.92 Å². The summed E-state index contributed by atoms with van der Waals surface area (Å²) >= 11 is 5.71. The third-order valence-corrected chi connectivity index (χ3v) is 2.22. The third kappa shape index (κ3) is 1.94. The first-order valence-corrected chi connectivity index (χ1v) is 4.73. The third-order valence-electron chi connectivity index (χ3n) is 1.99. The van der Waals surface area contributed by atoms with E-state index in [4.69, 9.17) is 11.6 Å². The van der Waals surface area contributed by atoms with E-state index in [1.165, 1.54) is 5.56 Å². The van der Waals surface area contributed by atoms with Gasteiger partial charge in [0.15, 0.2) is 0 Å². The second kappa shape index (κ2) is 3.81. The summed E-state index contributed by atoms with van der Waals surface area (Å²) in [4.78, 5) is 4.04. The lowest BCUT2D eigenvalue weighted by Gasteiger charge is -2.01. The van der Waals surface area contributed by atoms with Gasteiger partial charge < -0.3 is 0 Å². The van der Waals surface area contributed by atoms with Gasteiger partial charge in [0.25, 0.3) is 0 Å². The summed E-state index contributed by atoms with van der Waals surface area (Å²) in [7, 11) is 0. The SMILES string of the molecule is Cc1c[c]cc(-c2ccc(Cl)nc2)c1. The van der Waals surface area contributed by atoms with Gasteiger partial charge in [-0.2, -0.15) is 0 Å². The molecule has 0 N–H and O–H groups in total. The number of nitrogens with zero attached hydrogens (tertiary/aromatic N) is 1. The predicted molar refractivity (Wildman–Crippen MR) is 58.3 cm³/mol. The molecule has 0 saturated carbocycles. The van der Waals surface area contributed by atoms with Gasteiger partial charge in [0.05, 0.1) is 0 Å². The molecule has 2 aromatic rings. The summed E-state index contributed by atoms with van der Waals surface area (Å²) in [5.41, 5.74) is 3.38. The molecule has 2 heteroatoms. The molecule has 0 unspecified atom stereocenters. The van der Waals surface area contributed by atoms with Gasteiger partial charge in [0.1, 0.15) is 5.15 Å². The van der Waals surface area contributed by atoms with Crippen molar-refractivity contribution in [2.24, 2.45) is 0 Å². The minimum atomic E-state index is 0.519. The molecule has 69 valence electrons. The van der Waals surface area contributed by atoms with Crippen LogP contribution in [-0.4, -0.2) is 4.98 Å². The molecule has 1 nitrogen and oxygen atoms in total. The maximum atomic E-state index is 5.71. The molecule has 0 fully saturated rings. The maximum absolute atomic E-state index is 5.71. The molecule has 0 aliphatic carbocycles. The van der Waals surface area contributed by atoms with E-state index in [0.717, 1.165) is 11.1 Å². The van der Waals surface area contributed by atoms with Gasteiger partial charge in [0.2, 0.25) is 0 Å². The zero-order valence-corrected chi connectivity index (χ0v) is 8.55. The van der Waals surface area contributed by atoms with E-state index in [1.807, 2.05) is 25.1 Å². The van der Waals surface area contributed by atoms with E-state index in [2.05, 4.69) is 17.1 Å². The number of rotatable bonds is 1. The molecule has 0 spiro atoms. The van der Waals surface area contributed by atoms with Crippen molar-refractivity contribution in [3.63, 3.8) is 0 Å². The fourth-order valence-corrected chi connectivity index (χ4v) is 1.42. The van der Waals surface area contributed by atoms with Crippen LogP contribution in [0.15, 0.2) is 36.5 Å². The van der Waals surface area contributed by atoms with Gasteiger partial charge in [-0.25, -0.2) is 4.98 Å². The van der Waals surface area contributed by atoms with Gasteiger partial charge in [-0.1, -0.05) is 23.7 Å². The van der Waals surface area contributed by atoms with Crippen molar-refractivity contribution in [3.05, 3.63) is 53.3 Å². The highest BCUT2D eigenvalue weighted by Crippen LogP contribution is 2.20. The summed E-state index contributed by atoms with van der Waals surface area (Å²) in [6, 6.07) is 12.8. The molecule has 1 heterocycles. The van der Waals surface area contributed by atoms with Crippen LogP contribution in [0.2, 0.25) is 5.15 Å². The van der Waals surface area contributed by atoms with E-state index >= 15 is 0 Å². The lowest BCUT2D eigenvalue weighted by atomic mass is 10.1. The number of hydrogen-bond donors (Lipinski definition) is 0. The van der Waals surface area contributed by atoms with Crippen molar-refractivity contribution >= 4 is 11.6 Å². The normalized spacial score (nSPS) is 10.1. The Morgan fingerprint density at radius 2 is 2.07 bits per heavy atom. The van der Waals surface area contributed by atoms with Crippen LogP contribution in [0.5, 0.6) is 0 Å². The molecule has 0 aliphatic heterocycles. The van der Waals surface area contributed by atoms with Crippen LogP contribution in [0, 0.1) is 13.0 Å². The van der Waals surface area contributed by atoms with Crippen molar-refractivity contribution < 1.29 is 0 Å². The Labute approximate surface area is 88.4 Å². The Balaban J connectivity index is 2.44. The Morgan fingerprint density at radius 3 is 2.71 bits per heavy atom. The highest BCUT2D eigenvalue weighted by molar-refractivity contribution is 6.29. The van der Waals surface area contributed by atoms with Crippen LogP contribution in [0.25, 0.3) is 11.1 Å². The Bertz CT molecular complexity index is 434. The summed E-state index contributed by atoms with van der Waals surface area (Å²) in [6.45, 7) is 2.04. The van der Waals surface area contributed by atoms with Crippen LogP contribution in [0.3, 0.4) is 0 Å². The lowest BCUT2D eigenvalue weighted by Crippen LogP contribution is -1.81. The first kappa shape index (κ1) is 9.22. The second-order valence-electron chi connectivity index (χ2n) is 3.17. The molecule has 0 aliphatic rings. The fraction of sp³-hybridized carbons (Fsp3) is 0.0833. The van der Waals surface area contributed by atoms with Crippen molar-refractivity contribution in [1.29, 1.82) is 0 Å². The molecule has 14 heavy (non-hydrogen) atoms. The molecule has 1 radical (unpaired) electrons. The molecular formula is C12H9ClN. The minimum absolute atomic E-state index is 0.519. The van der Waals surface area contributed by atoms with Crippen molar-refractivity contribution in [3.8, 4) is 11.1 Å². The fourth-order valence-electron chi connectivity index (χ4n) is 1.30. The van der Waals surface area contributed by atoms with E-state index in [1.54, 1.807) is 12.3 Å². The minimum Gasteiger partial charge on any atom is -0.244 e. The summed E-state index contributed by atoms with van der Waals surface area (Å²) < 4.78 is 0. The van der Waals surface area contributed by atoms with E-state index in [-0.39, 0.29) is 0 Å². The molecule has 1 aromatic carbocycles. The monoisotopic (exact) mass is 202 g/mol. The Hall–Kier alpha value is -1.34. The Morgan fingerprint density at radius 1 is 1.21 bits per heavy atom. The van der Waals surface area contributed by atoms with Gasteiger partial charge in [-0.05, 0) is 42.3 Å². The van der Waals surface area contributed by atoms with Crippen LogP contribution >= 0.6 is 11.6 Å². The summed E-state index contributed by atoms with van der Waals surface area (Å²) in [5.74, 6) is 0. The highest BCUT2D eigenvalue weighted by Gasteiger charge is 1.97. The van der Waals surface area contributed by atoms with Gasteiger partial charge in [-0.15, -0.1) is 0 Å². The quantitative estimate of drug-likeness (QED) is 0.645. The van der Waals surface area contributed by atoms with Crippen LogP contribution in [0.4, 0.5) is 0 Å². The zero-order chi connectivity index (χ0) is 9.97. The number of hydrogen-bond acceptors (Lipinski definition) is 1. The van der Waals surface area contributed by atoms with E-state index in [0.29, 0.717) is 5.15 Å². The molecule has 0 atom stereocenters. The van der Waals surface area contributed by atoms with Crippen molar-refractivity contribution in [2.75, 3.05) is 0 Å². The molecule has 2 rings (SSSR count). The number of aromatic nitrogens is 1. The molecule has 0 bridgehead atoms. The highest BCUT2D eigenvalue weighted by atomic mass is 35.5. The molecule has 0 saturated heterocycles. The number of halogens is 1. The van der Waals surface area contributed by atoms with Crippen LogP contribution in [0.1, 0.15) is 5.56 Å². The topological polar surface area (TPSA) is 12.9 Å². The molecular weight excluding hydrogens is 194 g/mol. The van der Waals surface area contributed by atoms with E-state index < -0.39 is 0 Å².